The van der Waals surface area contributed by atoms with Gasteiger partial charge in [-0.3, -0.25) is 4.68 Å². The molecule has 0 atom stereocenters. The molecule has 1 saturated carbocycles. The van der Waals surface area contributed by atoms with Crippen molar-refractivity contribution in [2.24, 2.45) is 0 Å². The number of ether oxygens (including phenoxy) is 1. The zero-order valence-corrected chi connectivity index (χ0v) is 8.93. The van der Waals surface area contributed by atoms with Crippen LogP contribution in [-0.2, 0) is 0 Å². The molecule has 1 aromatic heterocycles. The molecule has 0 spiro atoms. The van der Waals surface area contributed by atoms with Gasteiger partial charge in [0.25, 0.3) is 0 Å². The molecule has 1 fully saturated rings. The molecule has 1 aliphatic rings. The number of aliphatic hydroxyl groups excluding tert-OH is 1. The molecule has 0 amide bonds. The Balaban J connectivity index is 1.86. The Hall–Kier alpha value is -1.03. The molecule has 0 bridgehead atoms. The van der Waals surface area contributed by atoms with E-state index in [4.69, 9.17) is 9.84 Å². The SMILES string of the molecule is OCCCOc1cnn(C2CCCC2)c1. The van der Waals surface area contributed by atoms with Crippen LogP contribution < -0.4 is 4.74 Å². The zero-order chi connectivity index (χ0) is 10.5. The lowest BCUT2D eigenvalue weighted by atomic mass is 10.3. The van der Waals surface area contributed by atoms with Crippen LogP contribution in [0.3, 0.4) is 0 Å². The van der Waals surface area contributed by atoms with E-state index in [-0.39, 0.29) is 6.61 Å². The Morgan fingerprint density at radius 2 is 2.27 bits per heavy atom. The minimum absolute atomic E-state index is 0.177. The van der Waals surface area contributed by atoms with Gasteiger partial charge in [0, 0.05) is 13.0 Å². The predicted molar refractivity (Wildman–Crippen MR) is 56.9 cm³/mol. The fourth-order valence-electron chi connectivity index (χ4n) is 2.02. The molecule has 0 aliphatic heterocycles. The number of hydrogen-bond donors (Lipinski definition) is 1. The molecule has 84 valence electrons. The lowest BCUT2D eigenvalue weighted by molar-refractivity contribution is 0.233. The maximum absolute atomic E-state index is 8.62. The molecule has 0 aromatic carbocycles. The van der Waals surface area contributed by atoms with E-state index in [1.165, 1.54) is 25.7 Å². The van der Waals surface area contributed by atoms with Gasteiger partial charge in [-0.1, -0.05) is 12.8 Å². The van der Waals surface area contributed by atoms with Crippen molar-refractivity contribution in [3.05, 3.63) is 12.4 Å². The van der Waals surface area contributed by atoms with Crippen LogP contribution in [0.4, 0.5) is 0 Å². The normalized spacial score (nSPS) is 17.1. The standard InChI is InChI=1S/C11H18N2O2/c14-6-3-7-15-11-8-12-13(9-11)10-4-1-2-5-10/h8-10,14H,1-7H2. The molecule has 0 radical (unpaired) electrons. The lowest BCUT2D eigenvalue weighted by Crippen LogP contribution is -2.04. The van der Waals surface area contributed by atoms with E-state index in [0.717, 1.165) is 5.75 Å². The van der Waals surface area contributed by atoms with Crippen molar-refractivity contribution in [2.45, 2.75) is 38.1 Å². The Morgan fingerprint density at radius 1 is 1.47 bits per heavy atom. The van der Waals surface area contributed by atoms with Crippen LogP contribution in [0.5, 0.6) is 5.75 Å². The number of nitrogens with zero attached hydrogens (tertiary/aromatic N) is 2. The maximum Gasteiger partial charge on any atom is 0.157 e. The summed E-state index contributed by atoms with van der Waals surface area (Å²) in [5.74, 6) is 0.815. The highest BCUT2D eigenvalue weighted by atomic mass is 16.5. The molecule has 1 aromatic rings. The van der Waals surface area contributed by atoms with Crippen LogP contribution in [0.15, 0.2) is 12.4 Å². The van der Waals surface area contributed by atoms with Crippen LogP contribution in [0.1, 0.15) is 38.1 Å². The molecular formula is C11H18N2O2. The van der Waals surface area contributed by atoms with E-state index in [2.05, 4.69) is 5.10 Å². The van der Waals surface area contributed by atoms with Gasteiger partial charge in [-0.2, -0.15) is 5.10 Å². The van der Waals surface area contributed by atoms with Crippen LogP contribution in [0, 0.1) is 0 Å². The second-order valence-electron chi connectivity index (χ2n) is 4.02. The smallest absolute Gasteiger partial charge is 0.157 e. The summed E-state index contributed by atoms with van der Waals surface area (Å²) in [4.78, 5) is 0. The fraction of sp³-hybridized carbons (Fsp3) is 0.727. The Bertz CT molecular complexity index is 293. The van der Waals surface area contributed by atoms with Gasteiger partial charge in [0.1, 0.15) is 0 Å². The van der Waals surface area contributed by atoms with E-state index in [9.17, 15) is 0 Å². The van der Waals surface area contributed by atoms with Crippen molar-refractivity contribution in [3.8, 4) is 5.75 Å². The molecule has 15 heavy (non-hydrogen) atoms. The summed E-state index contributed by atoms with van der Waals surface area (Å²) in [6.45, 7) is 0.740. The lowest BCUT2D eigenvalue weighted by Gasteiger charge is -2.08. The fourth-order valence-corrected chi connectivity index (χ4v) is 2.02. The first-order valence-corrected chi connectivity index (χ1v) is 5.68. The zero-order valence-electron chi connectivity index (χ0n) is 8.93. The molecule has 0 unspecified atom stereocenters. The third kappa shape index (κ3) is 2.72. The van der Waals surface area contributed by atoms with E-state index < -0.39 is 0 Å². The highest BCUT2D eigenvalue weighted by molar-refractivity contribution is 5.12. The number of aromatic nitrogens is 2. The number of aliphatic hydroxyl groups is 1. The van der Waals surface area contributed by atoms with Gasteiger partial charge in [-0.25, -0.2) is 0 Å². The van der Waals surface area contributed by atoms with Crippen molar-refractivity contribution in [3.63, 3.8) is 0 Å². The second kappa shape index (κ2) is 5.16. The van der Waals surface area contributed by atoms with Gasteiger partial charge in [0.2, 0.25) is 0 Å². The molecule has 1 heterocycles. The average molecular weight is 210 g/mol. The van der Waals surface area contributed by atoms with Crippen molar-refractivity contribution in [1.82, 2.24) is 9.78 Å². The van der Waals surface area contributed by atoms with E-state index in [1.54, 1.807) is 6.20 Å². The van der Waals surface area contributed by atoms with Gasteiger partial charge < -0.3 is 9.84 Å². The summed E-state index contributed by atoms with van der Waals surface area (Å²) in [7, 11) is 0. The Kier molecular flexibility index (Phi) is 3.61. The van der Waals surface area contributed by atoms with Crippen LogP contribution in [0.2, 0.25) is 0 Å². The first-order valence-electron chi connectivity index (χ1n) is 5.68. The first-order chi connectivity index (χ1) is 7.40. The minimum atomic E-state index is 0.177. The molecule has 1 N–H and O–H groups in total. The summed E-state index contributed by atoms with van der Waals surface area (Å²) < 4.78 is 7.46. The van der Waals surface area contributed by atoms with Crippen molar-refractivity contribution < 1.29 is 9.84 Å². The monoisotopic (exact) mass is 210 g/mol. The van der Waals surface area contributed by atoms with E-state index in [0.29, 0.717) is 19.1 Å². The summed E-state index contributed by atoms with van der Waals surface area (Å²) in [6, 6.07) is 0.570. The quantitative estimate of drug-likeness (QED) is 0.753. The van der Waals surface area contributed by atoms with E-state index in [1.807, 2.05) is 10.9 Å². The van der Waals surface area contributed by atoms with Gasteiger partial charge in [0.15, 0.2) is 5.75 Å². The van der Waals surface area contributed by atoms with Crippen molar-refractivity contribution >= 4 is 0 Å². The largest absolute Gasteiger partial charge is 0.490 e. The summed E-state index contributed by atoms with van der Waals surface area (Å²) >= 11 is 0. The van der Waals surface area contributed by atoms with Gasteiger partial charge >= 0.3 is 0 Å². The van der Waals surface area contributed by atoms with Gasteiger partial charge in [-0.05, 0) is 12.8 Å². The third-order valence-corrected chi connectivity index (χ3v) is 2.85. The average Bonchev–Trinajstić information content (AvgIpc) is 2.87. The molecule has 2 rings (SSSR count). The number of hydrogen-bond acceptors (Lipinski definition) is 3. The third-order valence-electron chi connectivity index (χ3n) is 2.85. The Morgan fingerprint density at radius 3 is 3.00 bits per heavy atom. The van der Waals surface area contributed by atoms with E-state index >= 15 is 0 Å². The van der Waals surface area contributed by atoms with Crippen LogP contribution in [0.25, 0.3) is 0 Å². The van der Waals surface area contributed by atoms with Gasteiger partial charge in [-0.15, -0.1) is 0 Å². The molecule has 4 heteroatoms. The number of rotatable bonds is 5. The van der Waals surface area contributed by atoms with Gasteiger partial charge in [0.05, 0.1) is 25.0 Å². The van der Waals surface area contributed by atoms with Crippen molar-refractivity contribution in [2.75, 3.05) is 13.2 Å². The van der Waals surface area contributed by atoms with Crippen LogP contribution in [-0.4, -0.2) is 28.1 Å². The van der Waals surface area contributed by atoms with Crippen LogP contribution >= 0.6 is 0 Å². The topological polar surface area (TPSA) is 47.3 Å². The summed E-state index contributed by atoms with van der Waals surface area (Å²) in [5.41, 5.74) is 0. The minimum Gasteiger partial charge on any atom is -0.490 e. The summed E-state index contributed by atoms with van der Waals surface area (Å²) in [6.07, 6.45) is 9.49. The predicted octanol–water partition coefficient (Wildman–Crippen LogP) is 1.76. The highest BCUT2D eigenvalue weighted by Gasteiger charge is 2.17. The highest BCUT2D eigenvalue weighted by Crippen LogP contribution is 2.29. The Labute approximate surface area is 89.9 Å². The molecule has 4 nitrogen and oxygen atoms in total. The maximum atomic E-state index is 8.62. The summed E-state index contributed by atoms with van der Waals surface area (Å²) in [5, 5.41) is 12.9. The first kappa shape index (κ1) is 10.5. The molecular weight excluding hydrogens is 192 g/mol. The van der Waals surface area contributed by atoms with Crippen molar-refractivity contribution in [1.29, 1.82) is 0 Å². The second-order valence-corrected chi connectivity index (χ2v) is 4.02. The molecule has 0 saturated heterocycles. The molecule has 1 aliphatic carbocycles.